The van der Waals surface area contributed by atoms with E-state index in [1.54, 1.807) is 31.2 Å². The molecule has 20 heavy (non-hydrogen) atoms. The van der Waals surface area contributed by atoms with Crippen molar-refractivity contribution in [1.29, 1.82) is 0 Å². The third-order valence-corrected chi connectivity index (χ3v) is 3.95. The lowest BCUT2D eigenvalue weighted by Crippen LogP contribution is -2.45. The molecule has 0 aliphatic heterocycles. The van der Waals surface area contributed by atoms with Crippen LogP contribution in [0.2, 0.25) is 5.02 Å². The number of esters is 1. The van der Waals surface area contributed by atoms with Crippen molar-refractivity contribution in [2.75, 3.05) is 18.6 Å². The number of aliphatic carboxylic acids is 1. The fraction of sp³-hybridized carbons (Fsp3) is 0.429. The predicted octanol–water partition coefficient (Wildman–Crippen LogP) is 2.98. The van der Waals surface area contributed by atoms with E-state index in [9.17, 15) is 14.7 Å². The van der Waals surface area contributed by atoms with Crippen LogP contribution in [0.15, 0.2) is 24.3 Å². The van der Waals surface area contributed by atoms with Gasteiger partial charge in [0.1, 0.15) is 0 Å². The Bertz CT molecular complexity index is 492. The molecule has 1 unspecified atom stereocenters. The Morgan fingerprint density at radius 2 is 2.05 bits per heavy atom. The number of hydrogen-bond acceptors (Lipinski definition) is 4. The predicted molar refractivity (Wildman–Crippen MR) is 80.4 cm³/mol. The van der Waals surface area contributed by atoms with E-state index in [2.05, 4.69) is 0 Å². The van der Waals surface area contributed by atoms with Crippen molar-refractivity contribution in [2.45, 2.75) is 18.8 Å². The Morgan fingerprint density at radius 3 is 2.55 bits per heavy atom. The van der Waals surface area contributed by atoms with Crippen molar-refractivity contribution in [1.82, 2.24) is 0 Å². The minimum atomic E-state index is -1.75. The quantitative estimate of drug-likeness (QED) is 0.619. The molecule has 0 amide bonds. The van der Waals surface area contributed by atoms with Gasteiger partial charge in [0.25, 0.3) is 0 Å². The summed E-state index contributed by atoms with van der Waals surface area (Å²) in [5.74, 6) is -1.50. The first-order valence-corrected chi connectivity index (χ1v) is 7.92. The lowest BCUT2D eigenvalue weighted by atomic mass is 9.78. The molecule has 1 rings (SSSR count). The van der Waals surface area contributed by atoms with Gasteiger partial charge in [0.15, 0.2) is 5.41 Å². The fourth-order valence-electron chi connectivity index (χ4n) is 1.97. The smallest absolute Gasteiger partial charge is 0.328 e. The van der Waals surface area contributed by atoms with Gasteiger partial charge in [-0.15, -0.1) is 0 Å². The first kappa shape index (κ1) is 16.9. The van der Waals surface area contributed by atoms with Gasteiger partial charge in [-0.2, -0.15) is 11.8 Å². The average molecular weight is 317 g/mol. The molecule has 0 spiro atoms. The van der Waals surface area contributed by atoms with E-state index < -0.39 is 17.4 Å². The zero-order chi connectivity index (χ0) is 15.2. The summed E-state index contributed by atoms with van der Waals surface area (Å²) in [6, 6.07) is 6.50. The molecule has 0 radical (unpaired) electrons. The lowest BCUT2D eigenvalue weighted by Gasteiger charge is -2.28. The monoisotopic (exact) mass is 316 g/mol. The Morgan fingerprint density at radius 1 is 1.40 bits per heavy atom. The minimum absolute atomic E-state index is 0.123. The third-order valence-electron chi connectivity index (χ3n) is 3.00. The number of carbonyl (C=O) groups is 2. The van der Waals surface area contributed by atoms with Crippen molar-refractivity contribution >= 4 is 35.3 Å². The molecule has 0 saturated heterocycles. The molecular formula is C14H17ClO4S. The highest BCUT2D eigenvalue weighted by atomic mass is 35.5. The van der Waals surface area contributed by atoms with Gasteiger partial charge < -0.3 is 9.84 Å². The van der Waals surface area contributed by atoms with Crippen LogP contribution < -0.4 is 0 Å². The molecule has 0 aliphatic carbocycles. The first-order valence-electron chi connectivity index (χ1n) is 6.15. The number of halogens is 1. The summed E-state index contributed by atoms with van der Waals surface area (Å²) < 4.78 is 4.99. The molecule has 6 heteroatoms. The van der Waals surface area contributed by atoms with E-state index >= 15 is 0 Å². The highest BCUT2D eigenvalue weighted by molar-refractivity contribution is 7.98. The largest absolute Gasteiger partial charge is 0.480 e. The number of thioether (sulfide) groups is 1. The van der Waals surface area contributed by atoms with Gasteiger partial charge in [0.05, 0.1) is 6.61 Å². The van der Waals surface area contributed by atoms with Gasteiger partial charge in [-0.25, -0.2) is 0 Å². The van der Waals surface area contributed by atoms with Gasteiger partial charge in [0, 0.05) is 5.02 Å². The van der Waals surface area contributed by atoms with Crippen LogP contribution in [0.3, 0.4) is 0 Å². The Hall–Kier alpha value is -1.20. The molecule has 1 N–H and O–H groups in total. The summed E-state index contributed by atoms with van der Waals surface area (Å²) in [6.45, 7) is 1.77. The molecule has 0 heterocycles. The number of carbonyl (C=O) groups excluding carboxylic acids is 1. The molecule has 1 aromatic rings. The molecule has 110 valence electrons. The standard InChI is InChI=1S/C14H17ClO4S/c1-3-19-13(18)14(12(16)17,8-9-20-2)10-6-4-5-7-11(10)15/h4-7H,3,8-9H2,1-2H3,(H,16,17). The summed E-state index contributed by atoms with van der Waals surface area (Å²) in [5, 5.41) is 9.91. The fourth-order valence-corrected chi connectivity index (χ4v) is 2.78. The van der Waals surface area contributed by atoms with Crippen molar-refractivity contribution in [3.05, 3.63) is 34.9 Å². The van der Waals surface area contributed by atoms with Gasteiger partial charge in [0.2, 0.25) is 0 Å². The third kappa shape index (κ3) is 3.27. The number of carboxylic acid groups (broad SMARTS) is 1. The summed E-state index contributed by atoms with van der Waals surface area (Å²) in [5.41, 5.74) is -1.47. The van der Waals surface area contributed by atoms with Crippen molar-refractivity contribution < 1.29 is 19.4 Å². The summed E-state index contributed by atoms with van der Waals surface area (Å²) in [4.78, 5) is 24.1. The normalized spacial score (nSPS) is 13.6. The van der Waals surface area contributed by atoms with Gasteiger partial charge in [-0.05, 0) is 37.0 Å². The molecule has 0 fully saturated rings. The number of ether oxygens (including phenoxy) is 1. The maximum atomic E-state index is 12.3. The molecule has 1 atom stereocenters. The highest BCUT2D eigenvalue weighted by Crippen LogP contribution is 2.36. The minimum Gasteiger partial charge on any atom is -0.480 e. The molecule has 0 saturated carbocycles. The second-order valence-corrected chi connectivity index (χ2v) is 5.55. The van der Waals surface area contributed by atoms with Gasteiger partial charge in [-0.3, -0.25) is 9.59 Å². The van der Waals surface area contributed by atoms with E-state index in [0.29, 0.717) is 5.75 Å². The van der Waals surface area contributed by atoms with Crippen LogP contribution in [-0.2, 0) is 19.7 Å². The van der Waals surface area contributed by atoms with Crippen LogP contribution >= 0.6 is 23.4 Å². The summed E-state index contributed by atoms with van der Waals surface area (Å²) >= 11 is 7.57. The van der Waals surface area contributed by atoms with Crippen LogP contribution in [0.4, 0.5) is 0 Å². The Balaban J connectivity index is 3.40. The van der Waals surface area contributed by atoms with E-state index in [1.807, 2.05) is 6.26 Å². The Labute approximate surface area is 127 Å². The second kappa shape index (κ2) is 7.55. The molecular weight excluding hydrogens is 300 g/mol. The van der Waals surface area contributed by atoms with Crippen LogP contribution in [0.25, 0.3) is 0 Å². The van der Waals surface area contributed by atoms with Gasteiger partial charge in [-0.1, -0.05) is 29.8 Å². The highest BCUT2D eigenvalue weighted by Gasteiger charge is 2.50. The maximum absolute atomic E-state index is 12.3. The van der Waals surface area contributed by atoms with Crippen molar-refractivity contribution in [3.8, 4) is 0 Å². The van der Waals surface area contributed by atoms with Crippen LogP contribution in [-0.4, -0.2) is 35.7 Å². The van der Waals surface area contributed by atoms with E-state index in [-0.39, 0.29) is 23.6 Å². The van der Waals surface area contributed by atoms with E-state index in [1.165, 1.54) is 11.8 Å². The number of rotatable bonds is 7. The zero-order valence-corrected chi connectivity index (χ0v) is 13.0. The van der Waals surface area contributed by atoms with Crippen molar-refractivity contribution in [2.24, 2.45) is 0 Å². The zero-order valence-electron chi connectivity index (χ0n) is 11.4. The molecule has 0 aliphatic rings. The van der Waals surface area contributed by atoms with Gasteiger partial charge >= 0.3 is 11.9 Å². The van der Waals surface area contributed by atoms with Crippen LogP contribution in [0, 0.1) is 0 Å². The van der Waals surface area contributed by atoms with Crippen LogP contribution in [0.5, 0.6) is 0 Å². The number of hydrogen-bond donors (Lipinski definition) is 1. The molecule has 1 aromatic carbocycles. The summed E-state index contributed by atoms with van der Waals surface area (Å²) in [7, 11) is 0. The summed E-state index contributed by atoms with van der Waals surface area (Å²) in [6.07, 6.45) is 1.98. The Kier molecular flexibility index (Phi) is 6.36. The number of benzene rings is 1. The average Bonchev–Trinajstić information content (AvgIpc) is 2.41. The van der Waals surface area contributed by atoms with E-state index in [4.69, 9.17) is 16.3 Å². The maximum Gasteiger partial charge on any atom is 0.328 e. The molecule has 0 aromatic heterocycles. The second-order valence-electron chi connectivity index (χ2n) is 4.15. The number of carboxylic acids is 1. The van der Waals surface area contributed by atoms with Crippen molar-refractivity contribution in [3.63, 3.8) is 0 Å². The molecule has 4 nitrogen and oxygen atoms in total. The lowest BCUT2D eigenvalue weighted by molar-refractivity contribution is -0.161. The van der Waals surface area contributed by atoms with E-state index in [0.717, 1.165) is 0 Å². The van der Waals surface area contributed by atoms with Crippen LogP contribution in [0.1, 0.15) is 18.9 Å². The SMILES string of the molecule is CCOC(=O)C(CCSC)(C(=O)O)c1ccccc1Cl. The topological polar surface area (TPSA) is 63.6 Å². The molecule has 0 bridgehead atoms. The first-order chi connectivity index (χ1) is 9.50.